The Morgan fingerprint density at radius 3 is 2.00 bits per heavy atom. The molecule has 0 heterocycles. The van der Waals surface area contributed by atoms with Crippen LogP contribution < -0.4 is 11.1 Å². The van der Waals surface area contributed by atoms with E-state index in [0.29, 0.717) is 17.8 Å². The Bertz CT molecular complexity index is 625. The van der Waals surface area contributed by atoms with Gasteiger partial charge in [0, 0.05) is 17.8 Å². The Kier molecular flexibility index (Phi) is 5.96. The van der Waals surface area contributed by atoms with Gasteiger partial charge in [-0.25, -0.2) is 0 Å². The van der Waals surface area contributed by atoms with E-state index >= 15 is 0 Å². The number of hydrogen-bond donors (Lipinski definition) is 2. The molecule has 2 rings (SSSR count). The number of rotatable bonds is 3. The molecule has 0 aromatic heterocycles. The average molecular weight is 331 g/mol. The number of benzene rings is 2. The maximum absolute atomic E-state index is 12.4. The van der Waals surface area contributed by atoms with Gasteiger partial charge in [0.2, 0.25) is 0 Å². The van der Waals surface area contributed by atoms with Gasteiger partial charge in [-0.2, -0.15) is 13.2 Å². The second-order valence-corrected chi connectivity index (χ2v) is 4.43. The third kappa shape index (κ3) is 4.47. The van der Waals surface area contributed by atoms with E-state index in [1.165, 1.54) is 12.1 Å². The minimum atomic E-state index is -4.39. The lowest BCUT2D eigenvalue weighted by Gasteiger charge is -2.09. The Labute approximate surface area is 131 Å². The topological polar surface area (TPSA) is 55.1 Å². The van der Waals surface area contributed by atoms with Gasteiger partial charge in [-0.3, -0.25) is 4.79 Å². The second-order valence-electron chi connectivity index (χ2n) is 4.43. The number of carbonyl (C=O) groups is 1. The highest BCUT2D eigenvalue weighted by molar-refractivity contribution is 6.04. The molecule has 2 aromatic carbocycles. The maximum Gasteiger partial charge on any atom is 0.416 e. The highest BCUT2D eigenvalue weighted by atomic mass is 35.5. The molecule has 0 fully saturated rings. The van der Waals surface area contributed by atoms with E-state index in [1.807, 2.05) is 0 Å². The number of carbonyl (C=O) groups excluding carboxylic acids is 1. The van der Waals surface area contributed by atoms with Crippen LogP contribution in [0.2, 0.25) is 0 Å². The van der Waals surface area contributed by atoms with Gasteiger partial charge >= 0.3 is 6.18 Å². The molecule has 0 aliphatic rings. The molecule has 0 aliphatic heterocycles. The van der Waals surface area contributed by atoms with Crippen LogP contribution >= 0.6 is 12.4 Å². The van der Waals surface area contributed by atoms with Crippen LogP contribution in [0.3, 0.4) is 0 Å². The molecular formula is C15H14ClF3N2O. The van der Waals surface area contributed by atoms with E-state index in [9.17, 15) is 18.0 Å². The van der Waals surface area contributed by atoms with Crippen molar-refractivity contribution in [2.24, 2.45) is 5.73 Å². The highest BCUT2D eigenvalue weighted by Gasteiger charge is 2.29. The van der Waals surface area contributed by atoms with Gasteiger partial charge in [0.25, 0.3) is 5.91 Å². The third-order valence-corrected chi connectivity index (χ3v) is 2.92. The molecule has 0 spiro atoms. The fourth-order valence-electron chi connectivity index (χ4n) is 1.74. The first kappa shape index (κ1) is 18.0. The summed E-state index contributed by atoms with van der Waals surface area (Å²) < 4.78 is 37.3. The third-order valence-electron chi connectivity index (χ3n) is 2.92. The van der Waals surface area contributed by atoms with Crippen molar-refractivity contribution >= 4 is 24.0 Å². The van der Waals surface area contributed by atoms with Crippen molar-refractivity contribution in [1.82, 2.24) is 0 Å². The molecule has 0 aliphatic carbocycles. The first-order chi connectivity index (χ1) is 9.90. The standard InChI is InChI=1S/C15H13F3N2O.ClH/c16-15(17,18)12-5-7-13(8-6-12)20-14(21)11-3-1-10(9-19)2-4-11;/h1-8H,9,19H2,(H,20,21);1H. The summed E-state index contributed by atoms with van der Waals surface area (Å²) in [6.07, 6.45) is -4.39. The van der Waals surface area contributed by atoms with Gasteiger partial charge in [0.05, 0.1) is 5.56 Å². The summed E-state index contributed by atoms with van der Waals surface area (Å²) in [6, 6.07) is 11.0. The number of hydrogen-bond acceptors (Lipinski definition) is 2. The minimum absolute atomic E-state index is 0. The molecule has 0 saturated carbocycles. The number of alkyl halides is 3. The van der Waals surface area contributed by atoms with E-state index in [-0.39, 0.29) is 12.4 Å². The predicted molar refractivity (Wildman–Crippen MR) is 81.0 cm³/mol. The summed E-state index contributed by atoms with van der Waals surface area (Å²) in [5, 5.41) is 2.54. The van der Waals surface area contributed by atoms with Gasteiger partial charge in [-0.05, 0) is 42.0 Å². The zero-order valence-electron chi connectivity index (χ0n) is 11.4. The van der Waals surface area contributed by atoms with Crippen molar-refractivity contribution in [1.29, 1.82) is 0 Å². The van der Waals surface area contributed by atoms with Gasteiger partial charge in [-0.1, -0.05) is 12.1 Å². The van der Waals surface area contributed by atoms with Crippen LogP contribution in [0, 0.1) is 0 Å². The second kappa shape index (κ2) is 7.29. The van der Waals surface area contributed by atoms with Crippen LogP contribution in [-0.2, 0) is 12.7 Å². The number of amides is 1. The molecule has 22 heavy (non-hydrogen) atoms. The quantitative estimate of drug-likeness (QED) is 0.898. The van der Waals surface area contributed by atoms with E-state index in [2.05, 4.69) is 5.32 Å². The van der Waals surface area contributed by atoms with Gasteiger partial charge in [0.15, 0.2) is 0 Å². The van der Waals surface area contributed by atoms with Crippen molar-refractivity contribution in [2.75, 3.05) is 5.32 Å². The fourth-order valence-corrected chi connectivity index (χ4v) is 1.74. The number of anilines is 1. The van der Waals surface area contributed by atoms with E-state index < -0.39 is 17.6 Å². The zero-order valence-corrected chi connectivity index (χ0v) is 12.2. The molecule has 3 N–H and O–H groups in total. The van der Waals surface area contributed by atoms with Crippen LogP contribution in [0.1, 0.15) is 21.5 Å². The lowest BCUT2D eigenvalue weighted by molar-refractivity contribution is -0.137. The molecule has 0 atom stereocenters. The molecule has 0 radical (unpaired) electrons. The Balaban J connectivity index is 0.00000242. The molecule has 0 saturated heterocycles. The molecule has 0 bridgehead atoms. The van der Waals surface area contributed by atoms with Crippen LogP contribution in [0.25, 0.3) is 0 Å². The molecule has 1 amide bonds. The smallest absolute Gasteiger partial charge is 0.326 e. The van der Waals surface area contributed by atoms with E-state index in [0.717, 1.165) is 17.7 Å². The van der Waals surface area contributed by atoms with Crippen molar-refractivity contribution in [3.8, 4) is 0 Å². The van der Waals surface area contributed by atoms with Crippen LogP contribution in [0.4, 0.5) is 18.9 Å². The van der Waals surface area contributed by atoms with Crippen molar-refractivity contribution in [2.45, 2.75) is 12.7 Å². The summed E-state index contributed by atoms with van der Waals surface area (Å²) in [5.41, 5.74) is 6.30. The SMILES string of the molecule is Cl.NCc1ccc(C(=O)Nc2ccc(C(F)(F)F)cc2)cc1. The monoisotopic (exact) mass is 330 g/mol. The van der Waals surface area contributed by atoms with E-state index in [4.69, 9.17) is 5.73 Å². The number of nitrogens with two attached hydrogens (primary N) is 1. The van der Waals surface area contributed by atoms with Crippen molar-refractivity contribution in [3.05, 3.63) is 65.2 Å². The Morgan fingerprint density at radius 2 is 1.55 bits per heavy atom. The highest BCUT2D eigenvalue weighted by Crippen LogP contribution is 2.29. The lowest BCUT2D eigenvalue weighted by atomic mass is 10.1. The van der Waals surface area contributed by atoms with E-state index in [1.54, 1.807) is 24.3 Å². The summed E-state index contributed by atoms with van der Waals surface area (Å²) >= 11 is 0. The first-order valence-electron chi connectivity index (χ1n) is 6.18. The van der Waals surface area contributed by atoms with Crippen molar-refractivity contribution in [3.63, 3.8) is 0 Å². The van der Waals surface area contributed by atoms with Crippen molar-refractivity contribution < 1.29 is 18.0 Å². The van der Waals surface area contributed by atoms with Gasteiger partial charge in [0.1, 0.15) is 0 Å². The molecule has 3 nitrogen and oxygen atoms in total. The normalized spacial score (nSPS) is 10.7. The average Bonchev–Trinajstić information content (AvgIpc) is 2.47. The minimum Gasteiger partial charge on any atom is -0.326 e. The van der Waals surface area contributed by atoms with Gasteiger partial charge < -0.3 is 11.1 Å². The van der Waals surface area contributed by atoms with Crippen LogP contribution in [-0.4, -0.2) is 5.91 Å². The number of nitrogens with one attached hydrogen (secondary N) is 1. The molecule has 7 heteroatoms. The lowest BCUT2D eigenvalue weighted by Crippen LogP contribution is -2.12. The summed E-state index contributed by atoms with van der Waals surface area (Å²) in [6.45, 7) is 0.376. The Morgan fingerprint density at radius 1 is 1.00 bits per heavy atom. The molecule has 2 aromatic rings. The summed E-state index contributed by atoms with van der Waals surface area (Å²) in [5.74, 6) is -0.390. The molecule has 118 valence electrons. The zero-order chi connectivity index (χ0) is 15.5. The van der Waals surface area contributed by atoms with Gasteiger partial charge in [-0.15, -0.1) is 12.4 Å². The number of halogens is 4. The maximum atomic E-state index is 12.4. The fraction of sp³-hybridized carbons (Fsp3) is 0.133. The molecular weight excluding hydrogens is 317 g/mol. The molecule has 0 unspecified atom stereocenters. The predicted octanol–water partition coefficient (Wildman–Crippen LogP) is 3.84. The summed E-state index contributed by atoms with van der Waals surface area (Å²) in [7, 11) is 0. The van der Waals surface area contributed by atoms with Crippen LogP contribution in [0.15, 0.2) is 48.5 Å². The Hall–Kier alpha value is -2.05. The summed E-state index contributed by atoms with van der Waals surface area (Å²) in [4.78, 5) is 11.9. The first-order valence-corrected chi connectivity index (χ1v) is 6.18. The largest absolute Gasteiger partial charge is 0.416 e. The van der Waals surface area contributed by atoms with Crippen LogP contribution in [0.5, 0.6) is 0 Å².